The number of nitrogens with one attached hydrogen (secondary N) is 2. The number of hydrogen-bond donors (Lipinski definition) is 2. The van der Waals surface area contributed by atoms with Gasteiger partial charge in [0.2, 0.25) is 5.91 Å². The number of likely N-dealkylation sites (N-methyl/N-ethyl adjacent to an activating group) is 1. The number of imidazole rings is 1. The number of carbonyl (C=O) groups is 2. The fourth-order valence-corrected chi connectivity index (χ4v) is 11.6. The minimum atomic E-state index is -0.831. The quantitative estimate of drug-likeness (QED) is 0.153. The van der Waals surface area contributed by atoms with Crippen LogP contribution in [0.25, 0.3) is 28.1 Å². The summed E-state index contributed by atoms with van der Waals surface area (Å²) < 4.78 is 33.3. The van der Waals surface area contributed by atoms with Gasteiger partial charge in [-0.2, -0.15) is 5.10 Å². The molecule has 5 atom stereocenters. The maximum Gasteiger partial charge on any atom is 0.438 e. The lowest BCUT2D eigenvalue weighted by atomic mass is 9.82. The van der Waals surface area contributed by atoms with Crippen LogP contribution in [0.4, 0.5) is 4.39 Å². The summed E-state index contributed by atoms with van der Waals surface area (Å²) >= 11 is 0. The van der Waals surface area contributed by atoms with Crippen LogP contribution in [0, 0.1) is 25.6 Å². The number of carbonyl (C=O) groups excluding carboxylic acids is 2. The van der Waals surface area contributed by atoms with Gasteiger partial charge in [-0.1, -0.05) is 30.3 Å². The fourth-order valence-electron chi connectivity index (χ4n) is 11.6. The number of aromatic amines is 1. The molecule has 7 heterocycles. The van der Waals surface area contributed by atoms with E-state index in [-0.39, 0.29) is 53.2 Å². The largest absolute Gasteiger partial charge is 0.438 e. The Morgan fingerprint density at radius 2 is 1.69 bits per heavy atom. The summed E-state index contributed by atoms with van der Waals surface area (Å²) in [5, 5.41) is 13.0. The first-order chi connectivity index (χ1) is 32.1. The van der Waals surface area contributed by atoms with Crippen LogP contribution in [-0.2, 0) is 27.9 Å². The Labute approximate surface area is 385 Å². The number of benzene rings is 3. The third-order valence-electron chi connectivity index (χ3n) is 15.0. The molecule has 4 aliphatic rings. The second-order valence-corrected chi connectivity index (χ2v) is 19.8. The van der Waals surface area contributed by atoms with E-state index >= 15 is 9.18 Å². The maximum atomic E-state index is 15.9. The number of fused-ring (bicyclic) bond motifs is 5. The second-order valence-electron chi connectivity index (χ2n) is 19.8. The van der Waals surface area contributed by atoms with E-state index < -0.39 is 17.3 Å². The number of hydrogen-bond acceptors (Lipinski definition) is 8. The lowest BCUT2D eigenvalue weighted by Crippen LogP contribution is -2.50. The highest BCUT2D eigenvalue weighted by Gasteiger charge is 2.59. The molecule has 4 aromatic heterocycles. The first kappa shape index (κ1) is 42.8. The number of piperidine rings is 1. The van der Waals surface area contributed by atoms with E-state index in [1.165, 1.54) is 5.56 Å². The van der Waals surface area contributed by atoms with Crippen LogP contribution < -0.4 is 16.8 Å². The molecule has 0 unspecified atom stereocenters. The number of amides is 2. The van der Waals surface area contributed by atoms with Crippen LogP contribution in [0.3, 0.4) is 0 Å². The zero-order valence-electron chi connectivity index (χ0n) is 38.6. The molecule has 2 amide bonds. The Bertz CT molecular complexity index is 3240. The van der Waals surface area contributed by atoms with E-state index in [0.717, 1.165) is 53.4 Å². The number of nitrogens with zero attached hydrogens (tertiary/aromatic N) is 7. The second kappa shape index (κ2) is 15.6. The van der Waals surface area contributed by atoms with Crippen molar-refractivity contribution in [3.05, 3.63) is 145 Å². The van der Waals surface area contributed by atoms with Crippen molar-refractivity contribution < 1.29 is 23.2 Å². The summed E-state index contributed by atoms with van der Waals surface area (Å²) in [6.07, 6.45) is 8.71. The Hall–Kier alpha value is -6.81. The van der Waals surface area contributed by atoms with Gasteiger partial charge in [0.1, 0.15) is 22.9 Å². The third-order valence-corrected chi connectivity index (χ3v) is 15.0. The van der Waals surface area contributed by atoms with Crippen LogP contribution in [0.15, 0.2) is 87.2 Å². The number of aryl methyl sites for hydroxylation is 2. The minimum Gasteiger partial charge on any atom is -0.376 e. The van der Waals surface area contributed by atoms with Crippen molar-refractivity contribution in [3.8, 4) is 17.2 Å². The van der Waals surface area contributed by atoms with Gasteiger partial charge in [-0.25, -0.2) is 18.7 Å². The fraction of sp³-hybridized carbons (Fsp3) is 0.412. The third kappa shape index (κ3) is 6.93. The lowest BCUT2D eigenvalue weighted by Gasteiger charge is -2.46. The Morgan fingerprint density at radius 3 is 2.37 bits per heavy atom. The van der Waals surface area contributed by atoms with E-state index in [0.29, 0.717) is 65.7 Å². The monoisotopic (exact) mass is 907 g/mol. The first-order valence-electron chi connectivity index (χ1n) is 23.3. The van der Waals surface area contributed by atoms with Gasteiger partial charge >= 0.3 is 11.4 Å². The molecular weight excluding hydrogens is 854 g/mol. The average Bonchev–Trinajstić information content (AvgIpc) is 3.79. The summed E-state index contributed by atoms with van der Waals surface area (Å²) in [6.45, 7) is 10.4. The molecule has 1 aliphatic carbocycles. The molecule has 2 saturated heterocycles. The molecule has 3 aromatic carbocycles. The van der Waals surface area contributed by atoms with Crippen molar-refractivity contribution in [2.24, 2.45) is 5.92 Å². The standard InChI is InChI=1S/C51H54FN9O6/c1-28-20-37(21-29(2)44(28)52)61-45(58-18-17-57(49(58)65)35-13-10-31(11-14-35)22-42(62)53-6)43-38(55-61)25-36-8-7-9-40(43)59(36)46(63)41-24-34-23-32(33-16-19-66-50(4,5)27-33)12-15-39(34)60(41)51(26-30(51)3)47-54-48(64)67-56-47/h10-15,17-18,20-21,23-24,30,33,36,40H,7-9,16,19,22,25-27H2,1-6H3,(H,53,62)(H,54,56,64)/t30-,33-,36+,40-,51-/m0/s1. The van der Waals surface area contributed by atoms with Crippen LogP contribution in [0.2, 0.25) is 0 Å². The zero-order valence-corrected chi connectivity index (χ0v) is 38.6. The van der Waals surface area contributed by atoms with E-state index in [9.17, 15) is 14.4 Å². The normalized spacial score (nSPS) is 23.1. The Kier molecular flexibility index (Phi) is 9.99. The highest BCUT2D eigenvalue weighted by Crippen LogP contribution is 2.56. The first-order valence-corrected chi connectivity index (χ1v) is 23.3. The molecule has 16 heteroatoms. The van der Waals surface area contributed by atoms with Crippen LogP contribution >= 0.6 is 0 Å². The molecular formula is C51H54FN9O6. The van der Waals surface area contributed by atoms with E-state index in [2.05, 4.69) is 59.0 Å². The van der Waals surface area contributed by atoms with Crippen molar-refractivity contribution >= 4 is 22.7 Å². The van der Waals surface area contributed by atoms with Crippen LogP contribution in [0.5, 0.6) is 0 Å². The van der Waals surface area contributed by atoms with Gasteiger partial charge in [-0.15, -0.1) is 0 Å². The molecule has 7 aromatic rings. The van der Waals surface area contributed by atoms with Gasteiger partial charge < -0.3 is 19.5 Å². The Morgan fingerprint density at radius 1 is 0.940 bits per heavy atom. The number of rotatable bonds is 9. The summed E-state index contributed by atoms with van der Waals surface area (Å²) in [4.78, 5) is 60.2. The van der Waals surface area contributed by atoms with Crippen molar-refractivity contribution in [2.75, 3.05) is 13.7 Å². The Balaban J connectivity index is 1.06. The molecule has 3 aliphatic heterocycles. The van der Waals surface area contributed by atoms with Gasteiger partial charge in [0.05, 0.1) is 35.1 Å². The molecule has 1 saturated carbocycles. The number of halogens is 1. The summed E-state index contributed by atoms with van der Waals surface area (Å²) in [6, 6.07) is 18.6. The smallest absolute Gasteiger partial charge is 0.376 e. The van der Waals surface area contributed by atoms with Crippen molar-refractivity contribution in [1.82, 2.24) is 43.8 Å². The number of ether oxygens (including phenoxy) is 1. The molecule has 11 rings (SSSR count). The molecule has 2 N–H and O–H groups in total. The molecule has 2 bridgehead atoms. The van der Waals surface area contributed by atoms with E-state index in [1.807, 2.05) is 35.2 Å². The molecule has 15 nitrogen and oxygen atoms in total. The van der Waals surface area contributed by atoms with Crippen molar-refractivity contribution in [3.63, 3.8) is 0 Å². The maximum absolute atomic E-state index is 15.9. The molecule has 67 heavy (non-hydrogen) atoms. The summed E-state index contributed by atoms with van der Waals surface area (Å²) in [5.41, 5.74) is 5.55. The van der Waals surface area contributed by atoms with Crippen molar-refractivity contribution in [1.29, 1.82) is 0 Å². The van der Waals surface area contributed by atoms with E-state index in [1.54, 1.807) is 59.2 Å². The topological polar surface area (TPSA) is 167 Å². The molecule has 0 radical (unpaired) electrons. The molecule has 0 spiro atoms. The zero-order chi connectivity index (χ0) is 46.7. The van der Waals surface area contributed by atoms with E-state index in [4.69, 9.17) is 14.4 Å². The predicted octanol–water partition coefficient (Wildman–Crippen LogP) is 7.24. The number of aromatic nitrogens is 7. The predicted molar refractivity (Wildman–Crippen MR) is 248 cm³/mol. The van der Waals surface area contributed by atoms with Gasteiger partial charge in [-0.05, 0) is 143 Å². The van der Waals surface area contributed by atoms with Gasteiger partial charge in [-0.3, -0.25) is 28.2 Å². The molecule has 3 fully saturated rings. The molecule has 346 valence electrons. The van der Waals surface area contributed by atoms with Gasteiger partial charge in [0.25, 0.3) is 5.91 Å². The summed E-state index contributed by atoms with van der Waals surface area (Å²) in [5.74, 6) is -0.0690. The summed E-state index contributed by atoms with van der Waals surface area (Å²) in [7, 11) is 1.59. The van der Waals surface area contributed by atoms with Gasteiger partial charge in [0.15, 0.2) is 5.82 Å². The van der Waals surface area contributed by atoms with Gasteiger partial charge in [0, 0.05) is 55.0 Å². The highest BCUT2D eigenvalue weighted by atomic mass is 19.1. The number of H-pyrrole nitrogens is 1. The van der Waals surface area contributed by atoms with Crippen LogP contribution in [-0.4, -0.2) is 75.6 Å². The SMILES string of the molecule is CNC(=O)Cc1ccc(-n2ccn(-c3c4c(nn3-c3cc(C)c(F)c(C)c3)C[C@H]3CCC[C@@H]4N3C(=O)c3cc4cc([C@H]5CCOC(C)(C)C5)ccc4n3[C@@]3(c4noc(=O)[nH]4)C[C@@H]3C)c2=O)cc1. The van der Waals surface area contributed by atoms with Crippen molar-refractivity contribution in [2.45, 2.75) is 115 Å². The lowest BCUT2D eigenvalue weighted by molar-refractivity contribution is -0.119. The van der Waals surface area contributed by atoms with Crippen LogP contribution in [0.1, 0.15) is 121 Å². The highest BCUT2D eigenvalue weighted by molar-refractivity contribution is 6.00. The average molecular weight is 908 g/mol. The minimum absolute atomic E-state index is 0.0224.